The zero-order valence-electron chi connectivity index (χ0n) is 15.2. The van der Waals surface area contributed by atoms with Gasteiger partial charge >= 0.3 is 5.88 Å². The topological polar surface area (TPSA) is 142 Å². The largest absolute Gasteiger partial charge is 0.433 e. The van der Waals surface area contributed by atoms with Gasteiger partial charge in [0, 0.05) is 18.7 Å². The Balaban J connectivity index is 0.00000240. The minimum atomic E-state index is -0.682. The minimum absolute atomic E-state index is 0. The molecule has 2 aromatic heterocycles. The number of hydrogen-bond donors (Lipinski definition) is 1. The number of carbonyl (C=O) groups is 1. The molecule has 10 nitrogen and oxygen atoms in total. The van der Waals surface area contributed by atoms with E-state index in [0.717, 1.165) is 23.6 Å². The van der Waals surface area contributed by atoms with Crippen molar-refractivity contribution in [2.24, 2.45) is 5.73 Å². The summed E-state index contributed by atoms with van der Waals surface area (Å²) in [5, 5.41) is 14.8. The minimum Gasteiger partial charge on any atom is -0.395 e. The molecule has 3 aromatic rings. The molecule has 1 unspecified atom stereocenters. The van der Waals surface area contributed by atoms with Gasteiger partial charge in [-0.1, -0.05) is 29.4 Å². The maximum atomic E-state index is 12.7. The van der Waals surface area contributed by atoms with E-state index in [9.17, 15) is 14.9 Å². The van der Waals surface area contributed by atoms with Crippen molar-refractivity contribution >= 4 is 24.2 Å². The quantitative estimate of drug-likeness (QED) is 0.491. The molecule has 1 aliphatic rings. The molecule has 1 atom stereocenters. The number of likely N-dealkylation sites (tertiary alicyclic amines) is 1. The smallest absolute Gasteiger partial charge is 0.395 e. The van der Waals surface area contributed by atoms with Gasteiger partial charge in [0.2, 0.25) is 11.7 Å². The van der Waals surface area contributed by atoms with Crippen molar-refractivity contribution < 1.29 is 18.7 Å². The van der Waals surface area contributed by atoms with Crippen LogP contribution in [0.2, 0.25) is 0 Å². The van der Waals surface area contributed by atoms with Gasteiger partial charge < -0.3 is 19.6 Å². The Morgan fingerprint density at radius 1 is 1.28 bits per heavy atom. The molecule has 0 bridgehead atoms. The van der Waals surface area contributed by atoms with Crippen molar-refractivity contribution in [1.29, 1.82) is 0 Å². The molecule has 4 rings (SSSR count). The van der Waals surface area contributed by atoms with Gasteiger partial charge in [0.1, 0.15) is 11.0 Å². The van der Waals surface area contributed by atoms with Crippen LogP contribution >= 0.6 is 12.4 Å². The first-order valence-electron chi connectivity index (χ1n) is 8.75. The Hall–Kier alpha value is -3.24. The van der Waals surface area contributed by atoms with Crippen molar-refractivity contribution in [2.45, 2.75) is 25.4 Å². The number of hydrogen-bond acceptors (Lipinski definition) is 8. The highest BCUT2D eigenvalue weighted by Crippen LogP contribution is 2.34. The van der Waals surface area contributed by atoms with Crippen LogP contribution in [0.5, 0.6) is 0 Å². The van der Waals surface area contributed by atoms with E-state index in [2.05, 4.69) is 10.1 Å². The predicted molar refractivity (Wildman–Crippen MR) is 103 cm³/mol. The number of furan rings is 1. The van der Waals surface area contributed by atoms with Gasteiger partial charge in [-0.2, -0.15) is 4.98 Å². The van der Waals surface area contributed by atoms with E-state index in [-0.39, 0.29) is 18.2 Å². The Labute approximate surface area is 171 Å². The fourth-order valence-corrected chi connectivity index (χ4v) is 3.23. The summed E-state index contributed by atoms with van der Waals surface area (Å²) in [6, 6.07) is 9.55. The summed E-state index contributed by atoms with van der Waals surface area (Å²) in [6.07, 6.45) is 1.41. The van der Waals surface area contributed by atoms with Gasteiger partial charge in [0.25, 0.3) is 5.91 Å². The predicted octanol–water partition coefficient (Wildman–Crippen LogP) is 3.10. The molecular formula is C18H18ClN5O5. The lowest BCUT2D eigenvalue weighted by atomic mass is 10.1. The molecule has 1 aromatic carbocycles. The second-order valence-corrected chi connectivity index (χ2v) is 6.41. The van der Waals surface area contributed by atoms with Gasteiger partial charge in [0.05, 0.1) is 6.07 Å². The molecule has 152 valence electrons. The van der Waals surface area contributed by atoms with Crippen molar-refractivity contribution in [2.75, 3.05) is 6.54 Å². The van der Waals surface area contributed by atoms with E-state index in [1.165, 1.54) is 11.0 Å². The third-order valence-corrected chi connectivity index (χ3v) is 4.67. The van der Waals surface area contributed by atoms with Crippen molar-refractivity contribution in [1.82, 2.24) is 15.0 Å². The monoisotopic (exact) mass is 419 g/mol. The fourth-order valence-electron chi connectivity index (χ4n) is 3.23. The van der Waals surface area contributed by atoms with Crippen LogP contribution in [0, 0.1) is 10.1 Å². The Kier molecular flexibility index (Phi) is 5.95. The van der Waals surface area contributed by atoms with Crippen molar-refractivity contribution in [3.63, 3.8) is 0 Å². The van der Waals surface area contributed by atoms with Crippen LogP contribution in [0.15, 0.2) is 45.3 Å². The molecule has 29 heavy (non-hydrogen) atoms. The number of amides is 1. The summed E-state index contributed by atoms with van der Waals surface area (Å²) in [4.78, 5) is 28.8. The maximum Gasteiger partial charge on any atom is 0.433 e. The molecule has 3 heterocycles. The first-order valence-corrected chi connectivity index (χ1v) is 8.75. The highest BCUT2D eigenvalue weighted by atomic mass is 35.5. The summed E-state index contributed by atoms with van der Waals surface area (Å²) in [6.45, 7) is 0.919. The second kappa shape index (κ2) is 8.41. The molecule has 0 saturated carbocycles. The van der Waals surface area contributed by atoms with Crippen LogP contribution in [0.25, 0.3) is 11.4 Å². The number of carbonyl (C=O) groups excluding carboxylic acids is 1. The fraction of sp³-hybridized carbons (Fsp3) is 0.278. The van der Waals surface area contributed by atoms with E-state index in [0.29, 0.717) is 31.2 Å². The Bertz CT molecular complexity index is 1020. The van der Waals surface area contributed by atoms with Crippen LogP contribution in [0.4, 0.5) is 5.88 Å². The normalized spacial score (nSPS) is 15.9. The highest BCUT2D eigenvalue weighted by molar-refractivity contribution is 5.92. The summed E-state index contributed by atoms with van der Waals surface area (Å²) in [5.74, 6) is -0.255. The number of rotatable bonds is 5. The number of halogens is 1. The van der Waals surface area contributed by atoms with E-state index < -0.39 is 22.8 Å². The maximum absolute atomic E-state index is 12.7. The van der Waals surface area contributed by atoms with Gasteiger partial charge in [-0.05, 0) is 24.5 Å². The van der Waals surface area contributed by atoms with Crippen LogP contribution in [-0.2, 0) is 6.54 Å². The summed E-state index contributed by atoms with van der Waals surface area (Å²) < 4.78 is 10.4. The van der Waals surface area contributed by atoms with Crippen LogP contribution in [-0.4, -0.2) is 32.4 Å². The van der Waals surface area contributed by atoms with Crippen LogP contribution < -0.4 is 5.73 Å². The third kappa shape index (κ3) is 3.98. The zero-order chi connectivity index (χ0) is 19.7. The number of nitrogens with two attached hydrogens (primary N) is 1. The van der Waals surface area contributed by atoms with E-state index in [4.69, 9.17) is 14.7 Å². The average Bonchev–Trinajstić information content (AvgIpc) is 3.47. The summed E-state index contributed by atoms with van der Waals surface area (Å²) >= 11 is 0. The molecule has 1 saturated heterocycles. The molecule has 1 amide bonds. The molecule has 0 aliphatic carbocycles. The molecule has 0 radical (unpaired) electrons. The SMILES string of the molecule is Cl.NCc1ccc(-c2noc(C3CCCN3C(=O)c3ccc([N+](=O)[O-])o3)n2)cc1. The average molecular weight is 420 g/mol. The number of nitrogens with zero attached hydrogens (tertiary/aromatic N) is 4. The van der Waals surface area contributed by atoms with Gasteiger partial charge in [-0.25, -0.2) is 0 Å². The van der Waals surface area contributed by atoms with Crippen molar-refractivity contribution in [3.05, 3.63) is 63.7 Å². The van der Waals surface area contributed by atoms with Gasteiger partial charge in [0.15, 0.2) is 5.76 Å². The second-order valence-electron chi connectivity index (χ2n) is 6.41. The first kappa shape index (κ1) is 20.5. The van der Waals surface area contributed by atoms with Gasteiger partial charge in [-0.3, -0.25) is 14.9 Å². The molecule has 1 aliphatic heterocycles. The third-order valence-electron chi connectivity index (χ3n) is 4.67. The van der Waals surface area contributed by atoms with Crippen LogP contribution in [0.1, 0.15) is 40.9 Å². The number of benzene rings is 1. The molecule has 0 spiro atoms. The van der Waals surface area contributed by atoms with E-state index in [1.54, 1.807) is 0 Å². The van der Waals surface area contributed by atoms with E-state index >= 15 is 0 Å². The standard InChI is InChI=1S/C18H17N5O5.ClH/c19-10-11-3-5-12(6-4-11)16-20-17(28-21-16)13-2-1-9-22(13)18(24)14-7-8-15(27-14)23(25)26;/h3-8,13H,1-2,9-10,19H2;1H. The number of nitro groups is 1. The first-order chi connectivity index (χ1) is 13.6. The lowest BCUT2D eigenvalue weighted by Gasteiger charge is -2.20. The van der Waals surface area contributed by atoms with Crippen molar-refractivity contribution in [3.8, 4) is 11.4 Å². The lowest BCUT2D eigenvalue weighted by Crippen LogP contribution is -2.30. The Morgan fingerprint density at radius 2 is 2.03 bits per heavy atom. The Morgan fingerprint density at radius 3 is 2.69 bits per heavy atom. The summed E-state index contributed by atoms with van der Waals surface area (Å²) in [7, 11) is 0. The lowest BCUT2D eigenvalue weighted by molar-refractivity contribution is -0.402. The van der Waals surface area contributed by atoms with Crippen LogP contribution in [0.3, 0.4) is 0 Å². The van der Waals surface area contributed by atoms with Gasteiger partial charge in [-0.15, -0.1) is 12.4 Å². The molecule has 11 heteroatoms. The number of aromatic nitrogens is 2. The van der Waals surface area contributed by atoms with E-state index in [1.807, 2.05) is 24.3 Å². The molecule has 1 fully saturated rings. The summed E-state index contributed by atoms with van der Waals surface area (Å²) in [5.41, 5.74) is 7.38. The molecular weight excluding hydrogens is 402 g/mol. The zero-order valence-corrected chi connectivity index (χ0v) is 16.0. The highest BCUT2D eigenvalue weighted by Gasteiger charge is 2.36. The molecule has 2 N–H and O–H groups in total.